The van der Waals surface area contributed by atoms with Gasteiger partial charge in [-0.2, -0.15) is 0 Å². The number of rotatable bonds is 6. The fourth-order valence-electron chi connectivity index (χ4n) is 2.06. The highest BCUT2D eigenvalue weighted by atomic mass is 16.3. The van der Waals surface area contributed by atoms with Gasteiger partial charge in [-0.1, -0.05) is 30.3 Å². The molecule has 4 heteroatoms. The van der Waals surface area contributed by atoms with E-state index < -0.39 is 6.10 Å². The molecule has 19 heavy (non-hydrogen) atoms. The van der Waals surface area contributed by atoms with E-state index in [4.69, 9.17) is 0 Å². The first-order chi connectivity index (χ1) is 9.18. The van der Waals surface area contributed by atoms with E-state index in [0.29, 0.717) is 19.1 Å². The Kier molecular flexibility index (Phi) is 4.71. The van der Waals surface area contributed by atoms with Gasteiger partial charge in [-0.25, -0.2) is 4.98 Å². The Balaban J connectivity index is 1.85. The van der Waals surface area contributed by atoms with Crippen LogP contribution in [0, 0.1) is 0 Å². The number of hydrogen-bond donors (Lipinski definition) is 2. The molecule has 0 radical (unpaired) electrons. The van der Waals surface area contributed by atoms with Gasteiger partial charge in [0.15, 0.2) is 0 Å². The molecule has 0 fully saturated rings. The molecule has 1 heterocycles. The summed E-state index contributed by atoms with van der Waals surface area (Å²) in [4.78, 5) is 4.16. The highest BCUT2D eigenvalue weighted by molar-refractivity contribution is 5.17. The van der Waals surface area contributed by atoms with Gasteiger partial charge in [0.25, 0.3) is 0 Å². The zero-order valence-electron chi connectivity index (χ0n) is 11.5. The van der Waals surface area contributed by atoms with Gasteiger partial charge < -0.3 is 15.0 Å². The maximum atomic E-state index is 10.0. The normalized spacial score (nSPS) is 12.8. The highest BCUT2D eigenvalue weighted by Gasteiger charge is 2.08. The minimum atomic E-state index is -0.475. The molecule has 0 aliphatic rings. The molecule has 0 amide bonds. The summed E-state index contributed by atoms with van der Waals surface area (Å²) in [5.74, 6) is 0. The summed E-state index contributed by atoms with van der Waals surface area (Å²) in [6.45, 7) is 5.50. The van der Waals surface area contributed by atoms with Crippen LogP contribution in [0.15, 0.2) is 42.9 Å². The minimum Gasteiger partial charge on any atom is -0.387 e. The van der Waals surface area contributed by atoms with Gasteiger partial charge in [-0.05, 0) is 19.4 Å². The summed E-state index contributed by atoms with van der Waals surface area (Å²) >= 11 is 0. The third-order valence-corrected chi connectivity index (χ3v) is 3.13. The van der Waals surface area contributed by atoms with Crippen LogP contribution in [0.1, 0.15) is 37.3 Å². The van der Waals surface area contributed by atoms with Crippen molar-refractivity contribution in [3.05, 3.63) is 54.1 Å². The first-order valence-electron chi connectivity index (χ1n) is 6.63. The van der Waals surface area contributed by atoms with Crippen LogP contribution in [-0.2, 0) is 6.54 Å². The smallest absolute Gasteiger partial charge is 0.0951 e. The molecule has 0 spiro atoms. The predicted molar refractivity (Wildman–Crippen MR) is 75.7 cm³/mol. The molecule has 2 aromatic rings. The molecule has 1 atom stereocenters. The second-order valence-electron chi connectivity index (χ2n) is 4.94. The molecule has 0 saturated carbocycles. The number of imidazole rings is 1. The lowest BCUT2D eigenvalue weighted by Gasteiger charge is -2.14. The SMILES string of the molecule is CC(C)n1cncc1CNCC(O)c1ccccc1. The number of nitrogens with zero attached hydrogens (tertiary/aromatic N) is 2. The summed E-state index contributed by atoms with van der Waals surface area (Å²) < 4.78 is 2.13. The van der Waals surface area contributed by atoms with Gasteiger partial charge in [0.05, 0.1) is 18.1 Å². The van der Waals surface area contributed by atoms with Crippen molar-refractivity contribution in [2.75, 3.05) is 6.54 Å². The van der Waals surface area contributed by atoms with Crippen LogP contribution in [0.4, 0.5) is 0 Å². The van der Waals surface area contributed by atoms with Crippen molar-refractivity contribution < 1.29 is 5.11 Å². The van der Waals surface area contributed by atoms with Crippen LogP contribution in [0.2, 0.25) is 0 Å². The average molecular weight is 259 g/mol. The van der Waals surface area contributed by atoms with E-state index in [1.807, 2.05) is 42.9 Å². The van der Waals surface area contributed by atoms with Crippen LogP contribution in [0.3, 0.4) is 0 Å². The molecule has 1 aromatic carbocycles. The van der Waals surface area contributed by atoms with Crippen molar-refractivity contribution in [1.82, 2.24) is 14.9 Å². The predicted octanol–water partition coefficient (Wildman–Crippen LogP) is 2.29. The average Bonchev–Trinajstić information content (AvgIpc) is 2.88. The molecule has 2 N–H and O–H groups in total. The van der Waals surface area contributed by atoms with Gasteiger partial charge in [-0.3, -0.25) is 0 Å². The lowest BCUT2D eigenvalue weighted by Crippen LogP contribution is -2.22. The second-order valence-corrected chi connectivity index (χ2v) is 4.94. The van der Waals surface area contributed by atoms with E-state index in [2.05, 4.69) is 28.7 Å². The number of aliphatic hydroxyl groups is 1. The molecule has 0 aliphatic heterocycles. The zero-order chi connectivity index (χ0) is 13.7. The molecular formula is C15H21N3O. The number of benzene rings is 1. The summed E-state index contributed by atoms with van der Waals surface area (Å²) in [5.41, 5.74) is 2.07. The van der Waals surface area contributed by atoms with E-state index in [-0.39, 0.29) is 0 Å². The van der Waals surface area contributed by atoms with Crippen LogP contribution >= 0.6 is 0 Å². The Morgan fingerprint density at radius 3 is 2.68 bits per heavy atom. The van der Waals surface area contributed by atoms with Crippen molar-refractivity contribution in [2.45, 2.75) is 32.5 Å². The summed E-state index contributed by atoms with van der Waals surface area (Å²) in [6.07, 6.45) is 3.23. The summed E-state index contributed by atoms with van der Waals surface area (Å²) in [7, 11) is 0. The van der Waals surface area contributed by atoms with Crippen LogP contribution < -0.4 is 5.32 Å². The Morgan fingerprint density at radius 1 is 1.26 bits per heavy atom. The van der Waals surface area contributed by atoms with Gasteiger partial charge in [0, 0.05) is 25.3 Å². The van der Waals surface area contributed by atoms with Crippen LogP contribution in [-0.4, -0.2) is 21.2 Å². The lowest BCUT2D eigenvalue weighted by atomic mass is 10.1. The second kappa shape index (κ2) is 6.50. The first kappa shape index (κ1) is 13.8. The van der Waals surface area contributed by atoms with Gasteiger partial charge in [0.2, 0.25) is 0 Å². The van der Waals surface area contributed by atoms with E-state index in [9.17, 15) is 5.11 Å². The van der Waals surface area contributed by atoms with E-state index in [1.54, 1.807) is 0 Å². The number of aliphatic hydroxyl groups excluding tert-OH is 1. The van der Waals surface area contributed by atoms with Gasteiger partial charge in [-0.15, -0.1) is 0 Å². The fraction of sp³-hybridized carbons (Fsp3) is 0.400. The number of hydrogen-bond acceptors (Lipinski definition) is 3. The molecule has 0 bridgehead atoms. The molecule has 4 nitrogen and oxygen atoms in total. The lowest BCUT2D eigenvalue weighted by molar-refractivity contribution is 0.174. The monoisotopic (exact) mass is 259 g/mol. The molecule has 102 valence electrons. The van der Waals surface area contributed by atoms with Crippen molar-refractivity contribution >= 4 is 0 Å². The van der Waals surface area contributed by atoms with E-state index >= 15 is 0 Å². The highest BCUT2D eigenvalue weighted by Crippen LogP contribution is 2.12. The molecule has 0 saturated heterocycles. The zero-order valence-corrected chi connectivity index (χ0v) is 11.5. The van der Waals surface area contributed by atoms with Crippen molar-refractivity contribution in [3.8, 4) is 0 Å². The largest absolute Gasteiger partial charge is 0.387 e. The van der Waals surface area contributed by atoms with Crippen molar-refractivity contribution in [2.24, 2.45) is 0 Å². The Labute approximate surface area is 114 Å². The molecular weight excluding hydrogens is 238 g/mol. The van der Waals surface area contributed by atoms with Gasteiger partial charge >= 0.3 is 0 Å². The molecule has 0 aliphatic carbocycles. The van der Waals surface area contributed by atoms with Gasteiger partial charge in [0.1, 0.15) is 0 Å². The summed E-state index contributed by atoms with van der Waals surface area (Å²) in [6, 6.07) is 10.1. The Morgan fingerprint density at radius 2 is 2.00 bits per heavy atom. The number of nitrogens with one attached hydrogen (secondary N) is 1. The summed E-state index contributed by atoms with van der Waals surface area (Å²) in [5, 5.41) is 13.3. The standard InChI is InChI=1S/C15H21N3O/c1-12(2)18-11-17-9-14(18)8-16-10-15(19)13-6-4-3-5-7-13/h3-7,9,11-12,15-16,19H,8,10H2,1-2H3. The molecule has 2 rings (SSSR count). The third-order valence-electron chi connectivity index (χ3n) is 3.13. The Hall–Kier alpha value is -1.65. The van der Waals surface area contributed by atoms with E-state index in [1.165, 1.54) is 0 Å². The quantitative estimate of drug-likeness (QED) is 0.837. The van der Waals surface area contributed by atoms with E-state index in [0.717, 1.165) is 11.3 Å². The first-order valence-corrected chi connectivity index (χ1v) is 6.63. The molecule has 1 aromatic heterocycles. The van der Waals surface area contributed by atoms with Crippen molar-refractivity contribution in [1.29, 1.82) is 0 Å². The minimum absolute atomic E-state index is 0.401. The van der Waals surface area contributed by atoms with Crippen LogP contribution in [0.25, 0.3) is 0 Å². The number of aromatic nitrogens is 2. The molecule has 1 unspecified atom stereocenters. The maximum absolute atomic E-state index is 10.0. The van der Waals surface area contributed by atoms with Crippen LogP contribution in [0.5, 0.6) is 0 Å². The Bertz CT molecular complexity index is 493. The van der Waals surface area contributed by atoms with Crippen molar-refractivity contribution in [3.63, 3.8) is 0 Å². The maximum Gasteiger partial charge on any atom is 0.0951 e. The third kappa shape index (κ3) is 3.66. The fourth-order valence-corrected chi connectivity index (χ4v) is 2.06. The topological polar surface area (TPSA) is 50.1 Å².